The molecule has 0 bridgehead atoms. The Morgan fingerprint density at radius 1 is 1.19 bits per heavy atom. The highest BCUT2D eigenvalue weighted by atomic mass is 35.5. The van der Waals surface area contributed by atoms with E-state index >= 15 is 0 Å². The van der Waals surface area contributed by atoms with E-state index in [2.05, 4.69) is 0 Å². The predicted octanol–water partition coefficient (Wildman–Crippen LogP) is 2.49. The van der Waals surface area contributed by atoms with Gasteiger partial charge in [-0.15, -0.1) is 0 Å². The van der Waals surface area contributed by atoms with Crippen molar-refractivity contribution < 1.29 is 4.79 Å². The van der Waals surface area contributed by atoms with Gasteiger partial charge in [0, 0.05) is 16.1 Å². The van der Waals surface area contributed by atoms with Gasteiger partial charge in [-0.2, -0.15) is 0 Å². The summed E-state index contributed by atoms with van der Waals surface area (Å²) in [6.07, 6.45) is 0. The summed E-state index contributed by atoms with van der Waals surface area (Å²) in [5, 5.41) is 1.75. The smallest absolute Gasteiger partial charge is 0.193 e. The van der Waals surface area contributed by atoms with E-state index in [0.717, 1.165) is 0 Å². The zero-order valence-electron chi connectivity index (χ0n) is 11.1. The van der Waals surface area contributed by atoms with Crippen molar-refractivity contribution in [1.82, 2.24) is 5.01 Å². The van der Waals surface area contributed by atoms with Gasteiger partial charge in [-0.3, -0.25) is 9.80 Å². The van der Waals surface area contributed by atoms with Gasteiger partial charge in [0.25, 0.3) is 0 Å². The molecule has 0 saturated carbocycles. The molecule has 0 fully saturated rings. The fourth-order valence-electron chi connectivity index (χ4n) is 1.90. The lowest BCUT2D eigenvalue weighted by Crippen LogP contribution is -2.40. The van der Waals surface area contributed by atoms with E-state index in [-0.39, 0.29) is 17.4 Å². The van der Waals surface area contributed by atoms with Crippen LogP contribution in [0.25, 0.3) is 0 Å². The standard InChI is InChI=1S/C15H14ClN3OS/c16-12-7-6-11(9-19(18)15(17)21)13(8-12)14(20)10-4-2-1-3-5-10/h1-8H,9,18H2,(H2,17,21). The normalized spacial score (nSPS) is 10.2. The second-order valence-electron chi connectivity index (χ2n) is 4.46. The summed E-state index contributed by atoms with van der Waals surface area (Å²) in [6.45, 7) is 0.237. The average molecular weight is 320 g/mol. The van der Waals surface area contributed by atoms with Crippen molar-refractivity contribution in [1.29, 1.82) is 0 Å². The molecule has 0 atom stereocenters. The quantitative estimate of drug-likeness (QED) is 0.392. The maximum absolute atomic E-state index is 12.6. The number of hydrogen-bond donors (Lipinski definition) is 2. The molecule has 0 aliphatic heterocycles. The SMILES string of the molecule is NC(=S)N(N)Cc1ccc(Cl)cc1C(=O)c1ccccc1. The van der Waals surface area contributed by atoms with Crippen LogP contribution >= 0.6 is 23.8 Å². The lowest BCUT2D eigenvalue weighted by molar-refractivity contribution is 0.103. The van der Waals surface area contributed by atoms with E-state index in [9.17, 15) is 4.79 Å². The van der Waals surface area contributed by atoms with Crippen LogP contribution in [0, 0.1) is 0 Å². The number of nitrogens with zero attached hydrogens (tertiary/aromatic N) is 1. The topological polar surface area (TPSA) is 72.3 Å². The molecule has 0 aliphatic carbocycles. The van der Waals surface area contributed by atoms with Gasteiger partial charge in [-0.25, -0.2) is 5.84 Å². The zero-order chi connectivity index (χ0) is 15.4. The van der Waals surface area contributed by atoms with Crippen LogP contribution in [0.1, 0.15) is 21.5 Å². The Labute approximate surface area is 133 Å². The molecule has 2 aromatic carbocycles. The predicted molar refractivity (Wildman–Crippen MR) is 87.8 cm³/mol. The van der Waals surface area contributed by atoms with E-state index in [1.165, 1.54) is 5.01 Å². The van der Waals surface area contributed by atoms with Gasteiger partial charge in [0.1, 0.15) is 0 Å². The molecule has 6 heteroatoms. The lowest BCUT2D eigenvalue weighted by Gasteiger charge is -2.18. The monoisotopic (exact) mass is 319 g/mol. The molecular weight excluding hydrogens is 306 g/mol. The second kappa shape index (κ2) is 6.67. The molecule has 4 nitrogen and oxygen atoms in total. The highest BCUT2D eigenvalue weighted by molar-refractivity contribution is 7.80. The Hall–Kier alpha value is -1.95. The zero-order valence-corrected chi connectivity index (χ0v) is 12.7. The molecular formula is C15H14ClN3OS. The van der Waals surface area contributed by atoms with E-state index in [1.54, 1.807) is 30.3 Å². The number of halogens is 1. The molecule has 0 radical (unpaired) electrons. The number of carbonyl (C=O) groups excluding carboxylic acids is 1. The average Bonchev–Trinajstić information content (AvgIpc) is 2.49. The number of thiocarbonyl (C=S) groups is 1. The molecule has 2 rings (SSSR count). The van der Waals surface area contributed by atoms with Gasteiger partial charge in [0.05, 0.1) is 6.54 Å². The molecule has 0 amide bonds. The molecule has 4 N–H and O–H groups in total. The first-order chi connectivity index (χ1) is 9.99. The first kappa shape index (κ1) is 15.4. The Kier molecular flexibility index (Phi) is 4.90. The molecule has 0 heterocycles. The van der Waals surface area contributed by atoms with Crippen LogP contribution < -0.4 is 11.6 Å². The highest BCUT2D eigenvalue weighted by Crippen LogP contribution is 2.20. The number of hydrogen-bond acceptors (Lipinski definition) is 3. The largest absolute Gasteiger partial charge is 0.375 e. The van der Waals surface area contributed by atoms with Gasteiger partial charge in [-0.05, 0) is 29.9 Å². The molecule has 2 aromatic rings. The first-order valence-electron chi connectivity index (χ1n) is 6.19. The maximum Gasteiger partial charge on any atom is 0.193 e. The van der Waals surface area contributed by atoms with Crippen molar-refractivity contribution in [3.63, 3.8) is 0 Å². The van der Waals surface area contributed by atoms with Crippen LogP contribution in [0.3, 0.4) is 0 Å². The minimum atomic E-state index is -0.121. The van der Waals surface area contributed by atoms with Crippen LogP contribution in [-0.2, 0) is 6.54 Å². The number of ketones is 1. The molecule has 0 aromatic heterocycles. The van der Waals surface area contributed by atoms with E-state index in [0.29, 0.717) is 21.7 Å². The Morgan fingerprint density at radius 3 is 2.48 bits per heavy atom. The Morgan fingerprint density at radius 2 is 1.86 bits per heavy atom. The van der Waals surface area contributed by atoms with Crippen LogP contribution in [0.5, 0.6) is 0 Å². The van der Waals surface area contributed by atoms with Gasteiger partial charge in [0.2, 0.25) is 0 Å². The summed E-state index contributed by atoms with van der Waals surface area (Å²) >= 11 is 10.8. The minimum absolute atomic E-state index is 0.0584. The molecule has 0 spiro atoms. The first-order valence-corrected chi connectivity index (χ1v) is 6.97. The fraction of sp³-hybridized carbons (Fsp3) is 0.0667. The minimum Gasteiger partial charge on any atom is -0.375 e. The van der Waals surface area contributed by atoms with Crippen LogP contribution in [0.2, 0.25) is 5.02 Å². The fourth-order valence-corrected chi connectivity index (χ4v) is 2.14. The molecule has 108 valence electrons. The van der Waals surface area contributed by atoms with Gasteiger partial charge in [0.15, 0.2) is 10.9 Å². The van der Waals surface area contributed by atoms with Crippen molar-refractivity contribution in [3.8, 4) is 0 Å². The summed E-state index contributed by atoms with van der Waals surface area (Å²) in [5.41, 5.74) is 7.25. The van der Waals surface area contributed by atoms with Crippen LogP contribution in [-0.4, -0.2) is 15.9 Å². The van der Waals surface area contributed by atoms with Crippen molar-refractivity contribution in [2.75, 3.05) is 0 Å². The number of nitrogens with two attached hydrogens (primary N) is 2. The summed E-state index contributed by atoms with van der Waals surface area (Å²) in [7, 11) is 0. The second-order valence-corrected chi connectivity index (χ2v) is 5.32. The van der Waals surface area contributed by atoms with Crippen molar-refractivity contribution in [2.45, 2.75) is 6.54 Å². The Balaban J connectivity index is 2.40. The van der Waals surface area contributed by atoms with E-state index in [1.807, 2.05) is 18.2 Å². The molecule has 21 heavy (non-hydrogen) atoms. The third-order valence-electron chi connectivity index (χ3n) is 2.98. The van der Waals surface area contributed by atoms with Crippen molar-refractivity contribution >= 4 is 34.7 Å². The van der Waals surface area contributed by atoms with Crippen LogP contribution in [0.4, 0.5) is 0 Å². The molecule has 0 saturated heterocycles. The number of rotatable bonds is 4. The Bertz CT molecular complexity index is 676. The third kappa shape index (κ3) is 3.78. The van der Waals surface area contributed by atoms with Gasteiger partial charge >= 0.3 is 0 Å². The summed E-state index contributed by atoms with van der Waals surface area (Å²) < 4.78 is 0. The number of benzene rings is 2. The highest BCUT2D eigenvalue weighted by Gasteiger charge is 2.15. The van der Waals surface area contributed by atoms with Gasteiger partial charge < -0.3 is 5.73 Å². The third-order valence-corrected chi connectivity index (χ3v) is 3.45. The van der Waals surface area contributed by atoms with E-state index in [4.69, 9.17) is 35.4 Å². The number of carbonyl (C=O) groups is 1. The number of hydrazine groups is 1. The lowest BCUT2D eigenvalue weighted by atomic mass is 9.98. The van der Waals surface area contributed by atoms with Crippen LogP contribution in [0.15, 0.2) is 48.5 Å². The molecule has 0 aliphatic rings. The van der Waals surface area contributed by atoms with Gasteiger partial charge in [-0.1, -0.05) is 48.0 Å². The maximum atomic E-state index is 12.6. The van der Waals surface area contributed by atoms with E-state index < -0.39 is 0 Å². The van der Waals surface area contributed by atoms with Crippen molar-refractivity contribution in [2.24, 2.45) is 11.6 Å². The molecule has 0 unspecified atom stereocenters. The van der Waals surface area contributed by atoms with Crippen molar-refractivity contribution in [3.05, 3.63) is 70.2 Å². The summed E-state index contributed by atoms with van der Waals surface area (Å²) in [5.74, 6) is 5.60. The summed E-state index contributed by atoms with van der Waals surface area (Å²) in [4.78, 5) is 12.6. The summed E-state index contributed by atoms with van der Waals surface area (Å²) in [6, 6.07) is 14.0.